The number of rotatable bonds is 19. The normalized spacial score (nSPS) is 20.3. The summed E-state index contributed by atoms with van der Waals surface area (Å²) in [5.74, 6) is -3.05. The van der Waals surface area contributed by atoms with Crippen molar-refractivity contribution in [1.29, 1.82) is 0 Å². The molecule has 1 aromatic heterocycles. The van der Waals surface area contributed by atoms with E-state index >= 15 is 0 Å². The first kappa shape index (κ1) is 41.1. The van der Waals surface area contributed by atoms with Gasteiger partial charge in [0.2, 0.25) is 29.4 Å². The maximum atomic E-state index is 14.4. The molecule has 5 amide bonds. The number of hydrogen-bond donors (Lipinski definition) is 5. The van der Waals surface area contributed by atoms with Gasteiger partial charge in [0.05, 0.1) is 12.1 Å². The van der Waals surface area contributed by atoms with Crippen LogP contribution < -0.4 is 21.3 Å². The third-order valence-electron chi connectivity index (χ3n) is 10.5. The van der Waals surface area contributed by atoms with Crippen molar-refractivity contribution in [2.75, 3.05) is 6.54 Å². The molecule has 0 radical (unpaired) electrons. The van der Waals surface area contributed by atoms with E-state index in [9.17, 15) is 28.8 Å². The highest BCUT2D eigenvalue weighted by Crippen LogP contribution is 2.42. The topological polar surface area (TPSA) is 208 Å². The average Bonchev–Trinajstić information content (AvgIpc) is 3.89. The maximum Gasteiger partial charge on any atom is 0.290 e. The van der Waals surface area contributed by atoms with Crippen molar-refractivity contribution >= 4 is 35.3 Å². The Hall–Kier alpha value is -4.69. The van der Waals surface area contributed by atoms with Crippen LogP contribution in [0.25, 0.3) is 0 Å². The Balaban J connectivity index is 1.42. The Morgan fingerprint density at radius 2 is 1.60 bits per heavy atom. The van der Waals surface area contributed by atoms with E-state index in [4.69, 9.17) is 0 Å². The van der Waals surface area contributed by atoms with Crippen LogP contribution in [-0.2, 0) is 35.2 Å². The van der Waals surface area contributed by atoms with E-state index in [-0.39, 0.29) is 48.3 Å². The van der Waals surface area contributed by atoms with Crippen LogP contribution in [0, 0.1) is 23.7 Å². The van der Waals surface area contributed by atoms with Gasteiger partial charge in [-0.15, -0.1) is 5.10 Å². The Morgan fingerprint density at radius 3 is 2.25 bits per heavy atom. The standard InChI is InChI=1S/C38H57N9O6/c1-7-14-28(34(49)37(52)39-24(6)25-15-9-8-10-16-25)40-36(51)33-27-18-13-17-26(27)21-47(33)38(53)32(23(4)5)42-35(50)31(22(2)3)41-30(48)20-12-11-19-29-43-45-46-44-29/h8-10,15-16,22-24,26-28,31-33H,7,11-14,17-21H2,1-6H3,(H,39,52)(H,40,51)(H,41,48)(H,42,50)(H,43,44,45,46)/t24-,26+,27+,28?,31-,32+,33?/m1/s1. The van der Waals surface area contributed by atoms with Crippen LogP contribution in [0.15, 0.2) is 30.3 Å². The first-order valence-corrected chi connectivity index (χ1v) is 19.1. The Bertz CT molecular complexity index is 1550. The molecule has 1 aliphatic carbocycles. The van der Waals surface area contributed by atoms with Crippen LogP contribution in [0.5, 0.6) is 0 Å². The predicted molar refractivity (Wildman–Crippen MR) is 196 cm³/mol. The zero-order valence-corrected chi connectivity index (χ0v) is 31.9. The molecule has 15 nitrogen and oxygen atoms in total. The summed E-state index contributed by atoms with van der Waals surface area (Å²) in [6.45, 7) is 11.3. The Kier molecular flexibility index (Phi) is 15.0. The van der Waals surface area contributed by atoms with Gasteiger partial charge in [-0.3, -0.25) is 28.8 Å². The number of likely N-dealkylation sites (tertiary alicyclic amines) is 1. The lowest BCUT2D eigenvalue weighted by Crippen LogP contribution is -2.60. The van der Waals surface area contributed by atoms with Crippen LogP contribution in [0.3, 0.4) is 0 Å². The van der Waals surface area contributed by atoms with E-state index in [0.29, 0.717) is 38.1 Å². The number of Topliss-reactive ketones (excluding diaryl/α,β-unsaturated/α-hetero) is 1. The van der Waals surface area contributed by atoms with E-state index < -0.39 is 53.7 Å². The number of unbranched alkanes of at least 4 members (excludes halogenated alkanes) is 1. The SMILES string of the molecule is CCCC(NC(=O)C1[C@H]2CCC[C@H]2CN1C(=O)[C@@H](NC(=O)[C@H](NC(=O)CCCCc1nnn[nH]1)C(C)C)C(C)C)C(=O)C(=O)N[C@H](C)c1ccccc1. The number of aromatic amines is 1. The van der Waals surface area contributed by atoms with Crippen LogP contribution in [-0.4, -0.2) is 91.6 Å². The number of carbonyl (C=O) groups excluding carboxylic acids is 6. The molecule has 290 valence electrons. The molecule has 2 unspecified atom stereocenters. The number of amides is 5. The second-order valence-corrected chi connectivity index (χ2v) is 15.2. The number of aromatic nitrogens is 4. The van der Waals surface area contributed by atoms with E-state index in [1.165, 1.54) is 0 Å². The van der Waals surface area contributed by atoms with E-state index in [2.05, 4.69) is 41.9 Å². The third-order valence-corrected chi connectivity index (χ3v) is 10.5. The minimum Gasteiger partial charge on any atom is -0.344 e. The summed E-state index contributed by atoms with van der Waals surface area (Å²) in [7, 11) is 0. The molecule has 5 N–H and O–H groups in total. The van der Waals surface area contributed by atoms with E-state index in [0.717, 1.165) is 24.8 Å². The summed E-state index contributed by atoms with van der Waals surface area (Å²) in [6, 6.07) is 5.16. The maximum absolute atomic E-state index is 14.4. The highest BCUT2D eigenvalue weighted by atomic mass is 16.2. The quantitative estimate of drug-likeness (QED) is 0.106. The van der Waals surface area contributed by atoms with Gasteiger partial charge in [-0.2, -0.15) is 0 Å². The molecule has 2 aromatic rings. The summed E-state index contributed by atoms with van der Waals surface area (Å²) >= 11 is 0. The monoisotopic (exact) mass is 735 g/mol. The number of carbonyl (C=O) groups is 6. The molecule has 1 saturated heterocycles. The second-order valence-electron chi connectivity index (χ2n) is 15.2. The molecule has 1 aliphatic heterocycles. The summed E-state index contributed by atoms with van der Waals surface area (Å²) < 4.78 is 0. The van der Waals surface area contributed by atoms with E-state index in [1.54, 1.807) is 11.8 Å². The smallest absolute Gasteiger partial charge is 0.290 e. The number of tetrazole rings is 1. The number of aryl methyl sites for hydroxylation is 1. The van der Waals surface area contributed by atoms with Gasteiger partial charge in [0.25, 0.3) is 5.91 Å². The minimum absolute atomic E-state index is 0.102. The van der Waals surface area contributed by atoms with Gasteiger partial charge in [0.1, 0.15) is 23.9 Å². The molecule has 7 atom stereocenters. The minimum atomic E-state index is -1.05. The predicted octanol–water partition coefficient (Wildman–Crippen LogP) is 2.55. The number of nitrogens with zero attached hydrogens (tertiary/aromatic N) is 4. The first-order valence-electron chi connectivity index (χ1n) is 19.1. The van der Waals surface area contributed by atoms with E-state index in [1.807, 2.05) is 65.0 Å². The van der Waals surface area contributed by atoms with Crippen molar-refractivity contribution in [2.45, 2.75) is 130 Å². The summed E-state index contributed by atoms with van der Waals surface area (Å²) in [5, 5.41) is 25.0. The molecule has 4 rings (SSSR count). The number of hydrogen-bond acceptors (Lipinski definition) is 9. The lowest BCUT2D eigenvalue weighted by atomic mass is 9.92. The van der Waals surface area contributed by atoms with Crippen LogP contribution in [0.1, 0.15) is 110 Å². The Labute approximate surface area is 311 Å². The number of ketones is 1. The fraction of sp³-hybridized carbons (Fsp3) is 0.658. The van der Waals surface area contributed by atoms with Crippen molar-refractivity contribution in [1.82, 2.24) is 46.8 Å². The molecular weight excluding hydrogens is 678 g/mol. The number of H-pyrrole nitrogens is 1. The van der Waals surface area contributed by atoms with Gasteiger partial charge in [0.15, 0.2) is 0 Å². The Morgan fingerprint density at radius 1 is 0.887 bits per heavy atom. The molecule has 2 fully saturated rings. The number of fused-ring (bicyclic) bond motifs is 1. The average molecular weight is 736 g/mol. The molecule has 2 heterocycles. The van der Waals surface area contributed by atoms with Gasteiger partial charge in [-0.1, -0.05) is 77.8 Å². The van der Waals surface area contributed by atoms with Crippen molar-refractivity contribution < 1.29 is 28.8 Å². The summed E-state index contributed by atoms with van der Waals surface area (Å²) in [6.07, 6.45) is 5.44. The van der Waals surface area contributed by atoms with Gasteiger partial charge >= 0.3 is 0 Å². The van der Waals surface area contributed by atoms with Crippen molar-refractivity contribution in [3.63, 3.8) is 0 Å². The molecule has 2 aliphatic rings. The highest BCUT2D eigenvalue weighted by molar-refractivity contribution is 6.38. The molecule has 0 spiro atoms. The fourth-order valence-electron chi connectivity index (χ4n) is 7.51. The molecular formula is C38H57N9O6. The molecule has 15 heteroatoms. The third kappa shape index (κ3) is 10.9. The van der Waals surface area contributed by atoms with Crippen LogP contribution in [0.2, 0.25) is 0 Å². The van der Waals surface area contributed by atoms with Crippen LogP contribution >= 0.6 is 0 Å². The first-order chi connectivity index (χ1) is 25.3. The molecule has 0 bridgehead atoms. The number of benzene rings is 1. The molecule has 53 heavy (non-hydrogen) atoms. The largest absolute Gasteiger partial charge is 0.344 e. The zero-order chi connectivity index (χ0) is 38.7. The van der Waals surface area contributed by atoms with Gasteiger partial charge in [-0.25, -0.2) is 5.10 Å². The molecule has 1 saturated carbocycles. The summed E-state index contributed by atoms with van der Waals surface area (Å²) in [4.78, 5) is 83.1. The molecule has 1 aromatic carbocycles. The van der Waals surface area contributed by atoms with Crippen LogP contribution in [0.4, 0.5) is 0 Å². The second kappa shape index (κ2) is 19.4. The number of nitrogens with one attached hydrogen (secondary N) is 5. The lowest BCUT2D eigenvalue weighted by molar-refractivity contribution is -0.145. The van der Waals surface area contributed by atoms with Crippen molar-refractivity contribution in [3.8, 4) is 0 Å². The fourth-order valence-corrected chi connectivity index (χ4v) is 7.51. The zero-order valence-electron chi connectivity index (χ0n) is 31.9. The highest BCUT2D eigenvalue weighted by Gasteiger charge is 2.51. The summed E-state index contributed by atoms with van der Waals surface area (Å²) in [5.41, 5.74) is 0.847. The lowest BCUT2D eigenvalue weighted by Gasteiger charge is -2.34. The van der Waals surface area contributed by atoms with Gasteiger partial charge in [-0.05, 0) is 78.7 Å². The van der Waals surface area contributed by atoms with Crippen molar-refractivity contribution in [3.05, 3.63) is 41.7 Å². The van der Waals surface area contributed by atoms with Gasteiger partial charge in [0, 0.05) is 19.4 Å². The van der Waals surface area contributed by atoms with Crippen molar-refractivity contribution in [2.24, 2.45) is 23.7 Å². The van der Waals surface area contributed by atoms with Gasteiger partial charge < -0.3 is 26.2 Å².